The Morgan fingerprint density at radius 3 is 3.06 bits per heavy atom. The molecule has 1 heterocycles. The second kappa shape index (κ2) is 6.03. The lowest BCUT2D eigenvalue weighted by molar-refractivity contribution is 0.222. The summed E-state index contributed by atoms with van der Waals surface area (Å²) >= 11 is 0. The van der Waals surface area contributed by atoms with E-state index in [-0.39, 0.29) is 0 Å². The zero-order chi connectivity index (χ0) is 12.1. The first-order chi connectivity index (χ1) is 8.31. The van der Waals surface area contributed by atoms with Crippen molar-refractivity contribution in [3.05, 3.63) is 29.8 Å². The molecule has 1 aromatic carbocycles. The van der Waals surface area contributed by atoms with Crippen LogP contribution in [0.3, 0.4) is 0 Å². The van der Waals surface area contributed by atoms with E-state index in [9.17, 15) is 0 Å². The second-order valence-corrected chi connectivity index (χ2v) is 4.74. The largest absolute Gasteiger partial charge is 0.497 e. The molecule has 0 aliphatic carbocycles. The molecule has 1 aliphatic heterocycles. The van der Waals surface area contributed by atoms with Crippen LogP contribution in [0.4, 0.5) is 0 Å². The number of rotatable bonds is 5. The molecule has 1 saturated heterocycles. The van der Waals surface area contributed by atoms with E-state index in [4.69, 9.17) is 9.84 Å². The van der Waals surface area contributed by atoms with Crippen molar-refractivity contribution < 1.29 is 9.84 Å². The summed E-state index contributed by atoms with van der Waals surface area (Å²) in [7, 11) is 1.70. The number of methoxy groups -OCH3 is 1. The van der Waals surface area contributed by atoms with Crippen molar-refractivity contribution in [2.45, 2.75) is 12.8 Å². The van der Waals surface area contributed by atoms with Crippen molar-refractivity contribution in [3.63, 3.8) is 0 Å². The van der Waals surface area contributed by atoms with Gasteiger partial charge in [-0.15, -0.1) is 0 Å². The Morgan fingerprint density at radius 2 is 2.35 bits per heavy atom. The number of aliphatic hydroxyl groups excluding tert-OH is 1. The van der Waals surface area contributed by atoms with E-state index in [1.807, 2.05) is 12.1 Å². The Bertz CT molecular complexity index is 354. The van der Waals surface area contributed by atoms with Crippen LogP contribution in [0.25, 0.3) is 0 Å². The standard InChI is InChI=1S/C14H21NO2/c1-17-14-4-2-3-12(9-14)5-7-15-8-6-13(10-15)11-16/h2-4,9,13,16H,5-8,10-11H2,1H3. The minimum Gasteiger partial charge on any atom is -0.497 e. The van der Waals surface area contributed by atoms with Gasteiger partial charge in [0.2, 0.25) is 0 Å². The maximum Gasteiger partial charge on any atom is 0.119 e. The lowest BCUT2D eigenvalue weighted by atomic mass is 10.1. The highest BCUT2D eigenvalue weighted by molar-refractivity contribution is 5.28. The number of hydrogen-bond acceptors (Lipinski definition) is 3. The van der Waals surface area contributed by atoms with Gasteiger partial charge in [-0.1, -0.05) is 12.1 Å². The number of likely N-dealkylation sites (tertiary alicyclic amines) is 1. The molecular formula is C14H21NO2. The summed E-state index contributed by atoms with van der Waals surface area (Å²) in [6.45, 7) is 3.56. The van der Waals surface area contributed by atoms with Crippen molar-refractivity contribution in [3.8, 4) is 5.75 Å². The van der Waals surface area contributed by atoms with Gasteiger partial charge in [0.05, 0.1) is 7.11 Å². The fourth-order valence-electron chi connectivity index (χ4n) is 2.38. The molecule has 1 aromatic rings. The third-order valence-corrected chi connectivity index (χ3v) is 3.48. The highest BCUT2D eigenvalue weighted by atomic mass is 16.5. The fraction of sp³-hybridized carbons (Fsp3) is 0.571. The molecule has 0 spiro atoms. The van der Waals surface area contributed by atoms with E-state index in [2.05, 4.69) is 17.0 Å². The zero-order valence-electron chi connectivity index (χ0n) is 10.4. The van der Waals surface area contributed by atoms with Gasteiger partial charge in [0.1, 0.15) is 5.75 Å². The van der Waals surface area contributed by atoms with Gasteiger partial charge in [0, 0.05) is 19.7 Å². The monoisotopic (exact) mass is 235 g/mol. The molecule has 94 valence electrons. The molecule has 0 bridgehead atoms. The summed E-state index contributed by atoms with van der Waals surface area (Å²) in [6.07, 6.45) is 2.18. The van der Waals surface area contributed by atoms with Crippen LogP contribution in [0.2, 0.25) is 0 Å². The third kappa shape index (κ3) is 3.45. The molecule has 1 N–H and O–H groups in total. The maximum absolute atomic E-state index is 9.09. The lowest BCUT2D eigenvalue weighted by Gasteiger charge is -2.15. The van der Waals surface area contributed by atoms with Crippen LogP contribution in [0, 0.1) is 5.92 Å². The molecule has 1 atom stereocenters. The fourth-order valence-corrected chi connectivity index (χ4v) is 2.38. The molecule has 0 amide bonds. The quantitative estimate of drug-likeness (QED) is 0.840. The number of hydrogen-bond donors (Lipinski definition) is 1. The Labute approximate surface area is 103 Å². The van der Waals surface area contributed by atoms with Gasteiger partial charge < -0.3 is 14.7 Å². The summed E-state index contributed by atoms with van der Waals surface area (Å²) in [5.41, 5.74) is 1.32. The Morgan fingerprint density at radius 1 is 1.47 bits per heavy atom. The van der Waals surface area contributed by atoms with Gasteiger partial charge in [0.25, 0.3) is 0 Å². The van der Waals surface area contributed by atoms with Gasteiger partial charge in [0.15, 0.2) is 0 Å². The van der Waals surface area contributed by atoms with Gasteiger partial charge >= 0.3 is 0 Å². The van der Waals surface area contributed by atoms with Gasteiger partial charge in [-0.25, -0.2) is 0 Å². The SMILES string of the molecule is COc1cccc(CCN2CCC(CO)C2)c1. The first kappa shape index (κ1) is 12.4. The van der Waals surface area contributed by atoms with E-state index in [0.717, 1.165) is 38.2 Å². The summed E-state index contributed by atoms with van der Waals surface area (Å²) in [6, 6.07) is 8.25. The molecule has 1 unspecified atom stereocenters. The number of aliphatic hydroxyl groups is 1. The van der Waals surface area contributed by atoms with Crippen molar-refractivity contribution in [2.24, 2.45) is 5.92 Å². The highest BCUT2D eigenvalue weighted by Gasteiger charge is 2.20. The van der Waals surface area contributed by atoms with E-state index in [0.29, 0.717) is 12.5 Å². The van der Waals surface area contributed by atoms with Crippen LogP contribution < -0.4 is 4.74 Å². The summed E-state index contributed by atoms with van der Waals surface area (Å²) in [5, 5.41) is 9.09. The second-order valence-electron chi connectivity index (χ2n) is 4.74. The van der Waals surface area contributed by atoms with Crippen molar-refractivity contribution in [1.82, 2.24) is 4.90 Å². The predicted molar refractivity (Wildman–Crippen MR) is 68.3 cm³/mol. The smallest absolute Gasteiger partial charge is 0.119 e. The van der Waals surface area contributed by atoms with E-state index in [1.165, 1.54) is 5.56 Å². The van der Waals surface area contributed by atoms with Gasteiger partial charge in [-0.05, 0) is 43.0 Å². The highest BCUT2D eigenvalue weighted by Crippen LogP contribution is 2.17. The summed E-state index contributed by atoms with van der Waals surface area (Å²) in [4.78, 5) is 2.43. The van der Waals surface area contributed by atoms with E-state index >= 15 is 0 Å². The predicted octanol–water partition coefficient (Wildman–Crippen LogP) is 1.55. The van der Waals surface area contributed by atoms with Crippen LogP contribution in [-0.2, 0) is 6.42 Å². The number of ether oxygens (including phenoxy) is 1. The molecule has 2 rings (SSSR count). The number of nitrogens with zero attached hydrogens (tertiary/aromatic N) is 1. The Balaban J connectivity index is 1.81. The molecule has 3 nitrogen and oxygen atoms in total. The van der Waals surface area contributed by atoms with Crippen LogP contribution in [0.1, 0.15) is 12.0 Å². The zero-order valence-corrected chi connectivity index (χ0v) is 10.4. The van der Waals surface area contributed by atoms with Crippen molar-refractivity contribution >= 4 is 0 Å². The topological polar surface area (TPSA) is 32.7 Å². The Hall–Kier alpha value is -1.06. The minimum absolute atomic E-state index is 0.329. The maximum atomic E-state index is 9.09. The van der Waals surface area contributed by atoms with Crippen molar-refractivity contribution in [2.75, 3.05) is 33.4 Å². The van der Waals surface area contributed by atoms with Gasteiger partial charge in [-0.3, -0.25) is 0 Å². The lowest BCUT2D eigenvalue weighted by Crippen LogP contribution is -2.24. The Kier molecular flexibility index (Phi) is 4.40. The molecular weight excluding hydrogens is 214 g/mol. The first-order valence-electron chi connectivity index (χ1n) is 6.28. The molecule has 0 aromatic heterocycles. The van der Waals surface area contributed by atoms with E-state index in [1.54, 1.807) is 7.11 Å². The van der Waals surface area contributed by atoms with Crippen molar-refractivity contribution in [1.29, 1.82) is 0 Å². The molecule has 17 heavy (non-hydrogen) atoms. The average molecular weight is 235 g/mol. The third-order valence-electron chi connectivity index (χ3n) is 3.48. The number of benzene rings is 1. The molecule has 1 fully saturated rings. The summed E-state index contributed by atoms with van der Waals surface area (Å²) in [5.74, 6) is 1.41. The van der Waals surface area contributed by atoms with Crippen LogP contribution in [0.15, 0.2) is 24.3 Å². The minimum atomic E-state index is 0.329. The van der Waals surface area contributed by atoms with Crippen LogP contribution in [0.5, 0.6) is 5.75 Å². The van der Waals surface area contributed by atoms with Gasteiger partial charge in [-0.2, -0.15) is 0 Å². The van der Waals surface area contributed by atoms with Crippen LogP contribution >= 0.6 is 0 Å². The molecule has 0 saturated carbocycles. The first-order valence-corrected chi connectivity index (χ1v) is 6.28. The van der Waals surface area contributed by atoms with Crippen LogP contribution in [-0.4, -0.2) is 43.4 Å². The average Bonchev–Trinajstić information content (AvgIpc) is 2.84. The van der Waals surface area contributed by atoms with E-state index < -0.39 is 0 Å². The molecule has 3 heteroatoms. The summed E-state index contributed by atoms with van der Waals surface area (Å²) < 4.78 is 5.21. The normalized spacial score (nSPS) is 20.7. The molecule has 0 radical (unpaired) electrons. The molecule has 1 aliphatic rings.